The van der Waals surface area contributed by atoms with Gasteiger partial charge >= 0.3 is 11.9 Å². The van der Waals surface area contributed by atoms with Gasteiger partial charge in [-0.2, -0.15) is 0 Å². The molecule has 0 aliphatic rings. The molecule has 0 saturated carbocycles. The molecule has 0 unspecified atom stereocenters. The first-order valence-corrected chi connectivity index (χ1v) is 11.0. The molecule has 170 valence electrons. The topological polar surface area (TPSA) is 87.5 Å². The quantitative estimate of drug-likeness (QED) is 0.466. The lowest BCUT2D eigenvalue weighted by Gasteiger charge is -2.27. The second kappa shape index (κ2) is 10.8. The third-order valence-electron chi connectivity index (χ3n) is 4.48. The van der Waals surface area contributed by atoms with Gasteiger partial charge in [-0.25, -0.2) is 14.0 Å². The normalized spacial score (nSPS) is 11.5. The van der Waals surface area contributed by atoms with Crippen LogP contribution in [0, 0.1) is 12.7 Å². The monoisotopic (exact) mass is 449 g/mol. The van der Waals surface area contributed by atoms with Crippen molar-refractivity contribution in [3.63, 3.8) is 0 Å². The minimum absolute atomic E-state index is 0.0490. The van der Waals surface area contributed by atoms with Crippen LogP contribution in [0.3, 0.4) is 0 Å². The Morgan fingerprint density at radius 1 is 0.968 bits per heavy atom. The summed E-state index contributed by atoms with van der Waals surface area (Å²) in [7, 11) is 0. The second-order valence-electron chi connectivity index (χ2n) is 9.35. The molecule has 1 aromatic heterocycles. The zero-order valence-corrected chi connectivity index (χ0v) is 20.1. The van der Waals surface area contributed by atoms with Gasteiger partial charge in [-0.15, -0.1) is 11.8 Å². The Kier molecular flexibility index (Phi) is 9.24. The smallest absolute Gasteiger partial charge is 0.414 e. The number of carboxylic acids is 2. The van der Waals surface area contributed by atoms with Crippen molar-refractivity contribution in [1.82, 2.24) is 4.98 Å². The largest absolute Gasteiger partial charge is 0.473 e. The number of aliphatic carboxylic acids is 2. The van der Waals surface area contributed by atoms with Gasteiger partial charge in [-0.05, 0) is 59.1 Å². The molecule has 0 spiro atoms. The third-order valence-corrected chi connectivity index (χ3v) is 5.45. The number of rotatable bonds is 4. The van der Waals surface area contributed by atoms with Crippen LogP contribution in [0.1, 0.15) is 63.9 Å². The molecule has 0 fully saturated rings. The van der Waals surface area contributed by atoms with Crippen molar-refractivity contribution in [2.24, 2.45) is 0 Å². The lowest BCUT2D eigenvalue weighted by molar-refractivity contribution is -0.159. The summed E-state index contributed by atoms with van der Waals surface area (Å²) in [6, 6.07) is 8.24. The van der Waals surface area contributed by atoms with Crippen LogP contribution in [0.2, 0.25) is 0 Å². The van der Waals surface area contributed by atoms with Crippen LogP contribution in [0.5, 0.6) is 0 Å². The van der Waals surface area contributed by atoms with Gasteiger partial charge in [-0.3, -0.25) is 4.98 Å². The van der Waals surface area contributed by atoms with Crippen LogP contribution < -0.4 is 0 Å². The lowest BCUT2D eigenvalue weighted by Crippen LogP contribution is -2.20. The van der Waals surface area contributed by atoms with E-state index in [4.69, 9.17) is 19.8 Å². The van der Waals surface area contributed by atoms with Gasteiger partial charge in [0.1, 0.15) is 5.82 Å². The number of halogens is 1. The molecule has 0 aliphatic heterocycles. The summed E-state index contributed by atoms with van der Waals surface area (Å²) in [4.78, 5) is 23.7. The molecule has 1 aromatic carbocycles. The molecule has 0 atom stereocenters. The molecule has 2 N–H and O–H groups in total. The van der Waals surface area contributed by atoms with E-state index in [0.29, 0.717) is 0 Å². The minimum Gasteiger partial charge on any atom is -0.473 e. The number of aromatic nitrogens is 1. The van der Waals surface area contributed by atoms with E-state index in [1.165, 1.54) is 5.56 Å². The first-order chi connectivity index (χ1) is 14.1. The average Bonchev–Trinajstić information content (AvgIpc) is 2.63. The molecule has 31 heavy (non-hydrogen) atoms. The van der Waals surface area contributed by atoms with Crippen molar-refractivity contribution in [3.05, 3.63) is 58.7 Å². The lowest BCUT2D eigenvalue weighted by atomic mass is 9.80. The molecule has 0 radical (unpaired) electrons. The van der Waals surface area contributed by atoms with Crippen LogP contribution >= 0.6 is 11.8 Å². The zero-order valence-electron chi connectivity index (χ0n) is 19.2. The fraction of sp³-hybridized carbons (Fsp3) is 0.458. The predicted octanol–water partition coefficient (Wildman–Crippen LogP) is 5.61. The van der Waals surface area contributed by atoms with Crippen molar-refractivity contribution >= 4 is 23.7 Å². The highest BCUT2D eigenvalue weighted by Crippen LogP contribution is 2.36. The number of carbonyl (C=O) groups is 2. The Morgan fingerprint density at radius 2 is 1.45 bits per heavy atom. The first kappa shape index (κ1) is 26.6. The molecule has 0 amide bonds. The van der Waals surface area contributed by atoms with Crippen LogP contribution in [0.25, 0.3) is 0 Å². The maximum absolute atomic E-state index is 15.1. The van der Waals surface area contributed by atoms with Gasteiger partial charge in [0.05, 0.1) is 0 Å². The van der Waals surface area contributed by atoms with Gasteiger partial charge in [0.2, 0.25) is 0 Å². The molecule has 2 rings (SSSR count). The van der Waals surface area contributed by atoms with Crippen molar-refractivity contribution < 1.29 is 24.2 Å². The summed E-state index contributed by atoms with van der Waals surface area (Å²) in [6.45, 7) is 14.4. The highest BCUT2D eigenvalue weighted by Gasteiger charge is 2.27. The van der Waals surface area contributed by atoms with Gasteiger partial charge < -0.3 is 10.2 Å². The summed E-state index contributed by atoms with van der Waals surface area (Å²) in [5.74, 6) is -2.74. The Bertz CT molecular complexity index is 866. The van der Waals surface area contributed by atoms with E-state index in [9.17, 15) is 0 Å². The summed E-state index contributed by atoms with van der Waals surface area (Å²) < 4.78 is 15.1. The second-order valence-corrected chi connectivity index (χ2v) is 10.5. The van der Waals surface area contributed by atoms with Crippen LogP contribution in [-0.2, 0) is 26.8 Å². The Hall–Kier alpha value is -2.41. The van der Waals surface area contributed by atoms with E-state index in [0.717, 1.165) is 33.9 Å². The molecule has 2 aromatic rings. The van der Waals surface area contributed by atoms with E-state index in [1.807, 2.05) is 31.3 Å². The summed E-state index contributed by atoms with van der Waals surface area (Å²) >= 11 is 1.79. The molecule has 0 saturated heterocycles. The fourth-order valence-electron chi connectivity index (χ4n) is 2.71. The fourth-order valence-corrected chi connectivity index (χ4v) is 3.68. The van der Waals surface area contributed by atoms with Crippen LogP contribution in [-0.4, -0.2) is 32.9 Å². The number of nitrogens with zero attached hydrogens (tertiary/aromatic N) is 1. The first-order valence-electron chi connectivity index (χ1n) is 9.98. The number of hydrogen-bond acceptors (Lipinski definition) is 4. The number of carboxylic acid groups (broad SMARTS) is 2. The van der Waals surface area contributed by atoms with E-state index in [2.05, 4.69) is 52.6 Å². The van der Waals surface area contributed by atoms with Crippen molar-refractivity contribution in [2.75, 3.05) is 5.75 Å². The number of aryl methyl sites for hydroxylation is 2. The van der Waals surface area contributed by atoms with Gasteiger partial charge in [0.15, 0.2) is 0 Å². The summed E-state index contributed by atoms with van der Waals surface area (Å²) in [5.41, 5.74) is 3.48. The third kappa shape index (κ3) is 8.69. The van der Waals surface area contributed by atoms with Gasteiger partial charge in [-0.1, -0.05) is 47.6 Å². The van der Waals surface area contributed by atoms with E-state index < -0.39 is 11.9 Å². The maximum atomic E-state index is 15.1. The predicted molar refractivity (Wildman–Crippen MR) is 122 cm³/mol. The molecule has 0 aliphatic carbocycles. The Labute approximate surface area is 188 Å². The molecule has 7 heteroatoms. The summed E-state index contributed by atoms with van der Waals surface area (Å²) in [6.07, 6.45) is 2.91. The maximum Gasteiger partial charge on any atom is 0.414 e. The van der Waals surface area contributed by atoms with Crippen LogP contribution in [0.4, 0.5) is 4.39 Å². The molecular formula is C24H32FNO4S. The van der Waals surface area contributed by atoms with Gasteiger partial charge in [0, 0.05) is 22.5 Å². The SMILES string of the molecule is Cc1ccc(CCSc2cc(C(C)(C)C)c(F)c(C(C)(C)C)c2)cn1.O=C(O)C(=O)O. The van der Waals surface area contributed by atoms with E-state index in [-0.39, 0.29) is 16.6 Å². The van der Waals surface area contributed by atoms with Crippen molar-refractivity contribution in [1.29, 1.82) is 0 Å². The molecular weight excluding hydrogens is 417 g/mol. The molecule has 0 bridgehead atoms. The standard InChI is InChI=1S/C22H30FNS.C2H2O4/c1-15-8-9-16(14-24-15)10-11-25-17-12-18(21(2,3)4)20(23)19(13-17)22(5,6)7;3-1(4)2(5)6/h8-9,12-14H,10-11H2,1-7H3;(H,3,4)(H,5,6). The number of pyridine rings is 1. The Morgan fingerprint density at radius 3 is 1.81 bits per heavy atom. The average molecular weight is 450 g/mol. The highest BCUT2D eigenvalue weighted by molar-refractivity contribution is 7.99. The molecule has 1 heterocycles. The van der Waals surface area contributed by atoms with E-state index in [1.54, 1.807) is 11.8 Å². The van der Waals surface area contributed by atoms with E-state index >= 15 is 4.39 Å². The Balaban J connectivity index is 0.000000703. The van der Waals surface area contributed by atoms with Gasteiger partial charge in [0.25, 0.3) is 0 Å². The van der Waals surface area contributed by atoms with Crippen molar-refractivity contribution in [2.45, 2.75) is 70.6 Å². The minimum atomic E-state index is -1.82. The highest BCUT2D eigenvalue weighted by atomic mass is 32.2. The molecule has 5 nitrogen and oxygen atoms in total. The zero-order chi connectivity index (χ0) is 24.0. The number of hydrogen-bond donors (Lipinski definition) is 2. The summed E-state index contributed by atoms with van der Waals surface area (Å²) in [5, 5.41) is 14.8. The number of thioether (sulfide) groups is 1. The van der Waals surface area contributed by atoms with Crippen LogP contribution in [0.15, 0.2) is 35.4 Å². The van der Waals surface area contributed by atoms with Crippen molar-refractivity contribution in [3.8, 4) is 0 Å². The number of benzene rings is 1.